The first-order valence-electron chi connectivity index (χ1n) is 15.6. The van der Waals surface area contributed by atoms with Crippen LogP contribution in [0.3, 0.4) is 0 Å². The summed E-state index contributed by atoms with van der Waals surface area (Å²) < 4.78 is 0. The Morgan fingerprint density at radius 1 is 0.882 bits per heavy atom. The smallest absolute Gasteiger partial charge is 0.00721 e. The molecule has 0 radical (unpaired) electrons. The van der Waals surface area contributed by atoms with Gasteiger partial charge in [-0.25, -0.2) is 0 Å². The highest BCUT2D eigenvalue weighted by Crippen LogP contribution is 2.43. The minimum atomic E-state index is 0.655. The van der Waals surface area contributed by atoms with Crippen LogP contribution in [0.2, 0.25) is 0 Å². The van der Waals surface area contributed by atoms with Crippen molar-refractivity contribution in [1.29, 1.82) is 0 Å². The molecule has 11 unspecified atom stereocenters. The summed E-state index contributed by atoms with van der Waals surface area (Å²) in [6.07, 6.45) is 15.6. The molecule has 2 aliphatic rings. The average molecular weight is 477 g/mol. The maximum absolute atomic E-state index is 4.10. The molecule has 202 valence electrons. The second-order valence-corrected chi connectivity index (χ2v) is 13.6. The first-order chi connectivity index (χ1) is 16.2. The van der Waals surface area contributed by atoms with Crippen LogP contribution >= 0.6 is 0 Å². The van der Waals surface area contributed by atoms with Crippen LogP contribution in [-0.2, 0) is 0 Å². The molecule has 34 heavy (non-hydrogen) atoms. The summed E-state index contributed by atoms with van der Waals surface area (Å²) in [4.78, 5) is 0. The van der Waals surface area contributed by atoms with E-state index in [4.69, 9.17) is 0 Å². The van der Waals surface area contributed by atoms with Gasteiger partial charge in [-0.2, -0.15) is 0 Å². The lowest BCUT2D eigenvalue weighted by Crippen LogP contribution is -2.45. The summed E-state index contributed by atoms with van der Waals surface area (Å²) in [7, 11) is 2.12. The minimum absolute atomic E-state index is 0.655. The molecule has 0 aliphatic heterocycles. The van der Waals surface area contributed by atoms with E-state index >= 15 is 0 Å². The molecule has 2 saturated carbocycles. The lowest BCUT2D eigenvalue weighted by atomic mass is 9.65. The van der Waals surface area contributed by atoms with Crippen molar-refractivity contribution < 1.29 is 0 Å². The zero-order chi connectivity index (χ0) is 25.3. The highest BCUT2D eigenvalue weighted by atomic mass is 14.9. The predicted octanol–water partition coefficient (Wildman–Crippen LogP) is 8.56. The maximum Gasteiger partial charge on any atom is 0.00721 e. The molecule has 2 rings (SSSR count). The van der Waals surface area contributed by atoms with Crippen molar-refractivity contribution in [3.05, 3.63) is 0 Å². The first kappa shape index (κ1) is 30.1. The van der Waals surface area contributed by atoms with Crippen LogP contribution in [0.4, 0.5) is 0 Å². The van der Waals surface area contributed by atoms with Gasteiger partial charge in [-0.3, -0.25) is 0 Å². The van der Waals surface area contributed by atoms with Gasteiger partial charge in [0.1, 0.15) is 0 Å². The molecule has 0 aromatic carbocycles. The Morgan fingerprint density at radius 3 is 2.26 bits per heavy atom. The van der Waals surface area contributed by atoms with Crippen LogP contribution in [0.15, 0.2) is 0 Å². The average Bonchev–Trinajstić information content (AvgIpc) is 2.77. The molecule has 11 atom stereocenters. The molecule has 0 amide bonds. The van der Waals surface area contributed by atoms with Crippen molar-refractivity contribution in [2.24, 2.45) is 53.3 Å². The molecule has 2 aliphatic carbocycles. The Hall–Kier alpha value is -0.0800. The number of hydrogen-bond acceptors (Lipinski definition) is 2. The van der Waals surface area contributed by atoms with E-state index in [0.717, 1.165) is 53.3 Å². The van der Waals surface area contributed by atoms with Gasteiger partial charge in [0.25, 0.3) is 0 Å². The van der Waals surface area contributed by atoms with E-state index in [-0.39, 0.29) is 0 Å². The summed E-state index contributed by atoms with van der Waals surface area (Å²) >= 11 is 0. The fourth-order valence-electron chi connectivity index (χ4n) is 8.17. The zero-order valence-corrected chi connectivity index (χ0v) is 24.8. The highest BCUT2D eigenvalue weighted by Gasteiger charge is 2.36. The quantitative estimate of drug-likeness (QED) is 0.262. The first-order valence-corrected chi connectivity index (χ1v) is 15.6. The Balaban J connectivity index is 1.85. The van der Waals surface area contributed by atoms with E-state index in [0.29, 0.717) is 12.1 Å². The third-order valence-electron chi connectivity index (χ3n) is 10.5. The third-order valence-corrected chi connectivity index (χ3v) is 10.5. The molecule has 2 fully saturated rings. The van der Waals surface area contributed by atoms with Crippen molar-refractivity contribution >= 4 is 0 Å². The van der Waals surface area contributed by atoms with Crippen LogP contribution < -0.4 is 10.6 Å². The third kappa shape index (κ3) is 9.42. The minimum Gasteiger partial charge on any atom is -0.319 e. The molecule has 0 aromatic rings. The van der Waals surface area contributed by atoms with Crippen LogP contribution in [0.25, 0.3) is 0 Å². The predicted molar refractivity (Wildman–Crippen MR) is 152 cm³/mol. The summed E-state index contributed by atoms with van der Waals surface area (Å²) in [6.45, 7) is 21.1. The second-order valence-electron chi connectivity index (χ2n) is 13.6. The van der Waals surface area contributed by atoms with Crippen LogP contribution in [0, 0.1) is 53.3 Å². The topological polar surface area (TPSA) is 24.1 Å². The van der Waals surface area contributed by atoms with Crippen LogP contribution in [0.1, 0.15) is 126 Å². The van der Waals surface area contributed by atoms with E-state index in [1.54, 1.807) is 0 Å². The Bertz CT molecular complexity index is 527. The number of nitrogens with one attached hydrogen (secondary N) is 2. The van der Waals surface area contributed by atoms with Crippen molar-refractivity contribution in [2.75, 3.05) is 13.6 Å². The van der Waals surface area contributed by atoms with Gasteiger partial charge in [0, 0.05) is 12.1 Å². The van der Waals surface area contributed by atoms with Crippen molar-refractivity contribution in [1.82, 2.24) is 10.6 Å². The SMILES string of the molecule is CCCC(CNC)C(C)C(C)CCC1CC(C(C)NC(C)CC2CCCC(C)C2)C(C)CC1C. The molecule has 0 saturated heterocycles. The largest absolute Gasteiger partial charge is 0.319 e. The van der Waals surface area contributed by atoms with Crippen molar-refractivity contribution in [3.63, 3.8) is 0 Å². The summed E-state index contributed by atoms with van der Waals surface area (Å²) in [6, 6.07) is 1.32. The zero-order valence-electron chi connectivity index (χ0n) is 24.8. The Kier molecular flexibility index (Phi) is 13.5. The van der Waals surface area contributed by atoms with E-state index in [9.17, 15) is 0 Å². The molecule has 0 aromatic heterocycles. The van der Waals surface area contributed by atoms with Gasteiger partial charge in [0.15, 0.2) is 0 Å². The fourth-order valence-corrected chi connectivity index (χ4v) is 8.17. The molecule has 2 heteroatoms. The van der Waals surface area contributed by atoms with Gasteiger partial charge in [0.2, 0.25) is 0 Å². The summed E-state index contributed by atoms with van der Waals surface area (Å²) in [5.41, 5.74) is 0. The van der Waals surface area contributed by atoms with Gasteiger partial charge < -0.3 is 10.6 Å². The molecule has 0 bridgehead atoms. The van der Waals surface area contributed by atoms with E-state index in [2.05, 4.69) is 73.1 Å². The lowest BCUT2D eigenvalue weighted by molar-refractivity contribution is 0.0888. The molecule has 0 spiro atoms. The van der Waals surface area contributed by atoms with Crippen molar-refractivity contribution in [2.45, 2.75) is 138 Å². The highest BCUT2D eigenvalue weighted by molar-refractivity contribution is 4.89. The molecular formula is C32H64N2. The maximum atomic E-state index is 4.10. The summed E-state index contributed by atoms with van der Waals surface area (Å²) in [5, 5.41) is 7.56. The van der Waals surface area contributed by atoms with E-state index in [1.165, 1.54) is 77.2 Å². The Labute approximate surface area is 215 Å². The normalized spacial score (nSPS) is 34.9. The monoisotopic (exact) mass is 477 g/mol. The number of hydrogen-bond donors (Lipinski definition) is 2. The lowest BCUT2D eigenvalue weighted by Gasteiger charge is -2.43. The molecular weight excluding hydrogens is 412 g/mol. The standard InChI is InChI=1S/C32H64N2/c1-10-12-31(21-33-9)27(7)23(3)15-16-30-20-32(25(5)18-24(30)4)28(8)34-26(6)19-29-14-11-13-22(2)17-29/h22-34H,10-21H2,1-9H3. The molecule has 2 nitrogen and oxygen atoms in total. The Morgan fingerprint density at radius 2 is 1.62 bits per heavy atom. The molecule has 0 heterocycles. The fraction of sp³-hybridized carbons (Fsp3) is 1.00. The van der Waals surface area contributed by atoms with Gasteiger partial charge >= 0.3 is 0 Å². The van der Waals surface area contributed by atoms with Gasteiger partial charge in [-0.05, 0) is 119 Å². The van der Waals surface area contributed by atoms with E-state index < -0.39 is 0 Å². The number of rotatable bonds is 14. The van der Waals surface area contributed by atoms with Gasteiger partial charge in [-0.1, -0.05) is 73.6 Å². The van der Waals surface area contributed by atoms with Crippen molar-refractivity contribution in [3.8, 4) is 0 Å². The second kappa shape index (κ2) is 15.2. The molecule has 2 N–H and O–H groups in total. The van der Waals surface area contributed by atoms with Gasteiger partial charge in [0.05, 0.1) is 0 Å². The summed E-state index contributed by atoms with van der Waals surface area (Å²) in [5.74, 6) is 7.92. The van der Waals surface area contributed by atoms with Crippen LogP contribution in [0.5, 0.6) is 0 Å². The van der Waals surface area contributed by atoms with E-state index in [1.807, 2.05) is 0 Å². The van der Waals surface area contributed by atoms with Gasteiger partial charge in [-0.15, -0.1) is 0 Å². The van der Waals surface area contributed by atoms with Crippen LogP contribution in [-0.4, -0.2) is 25.7 Å².